The van der Waals surface area contributed by atoms with Crippen molar-refractivity contribution in [3.8, 4) is 6.07 Å². The molecule has 30 heavy (non-hydrogen) atoms. The van der Waals surface area contributed by atoms with Crippen LogP contribution < -0.4 is 10.2 Å². The minimum absolute atomic E-state index is 0.202. The Morgan fingerprint density at radius 1 is 1.13 bits per heavy atom. The van der Waals surface area contributed by atoms with E-state index in [1.165, 1.54) is 4.90 Å². The molecule has 8 nitrogen and oxygen atoms in total. The van der Waals surface area contributed by atoms with E-state index in [-0.39, 0.29) is 18.6 Å². The highest BCUT2D eigenvalue weighted by Crippen LogP contribution is 2.32. The maximum absolute atomic E-state index is 13.3. The van der Waals surface area contributed by atoms with Gasteiger partial charge in [0.1, 0.15) is 11.4 Å². The van der Waals surface area contributed by atoms with Crippen molar-refractivity contribution in [2.45, 2.75) is 18.9 Å². The Labute approximate surface area is 175 Å². The van der Waals surface area contributed by atoms with Gasteiger partial charge < -0.3 is 10.2 Å². The average Bonchev–Trinajstić information content (AvgIpc) is 3.05. The molecule has 3 heterocycles. The van der Waals surface area contributed by atoms with Crippen molar-refractivity contribution in [2.75, 3.05) is 37.7 Å². The fourth-order valence-electron chi connectivity index (χ4n) is 4.10. The van der Waals surface area contributed by atoms with Gasteiger partial charge in [-0.25, -0.2) is 14.7 Å². The Kier molecular flexibility index (Phi) is 5.38. The zero-order valence-electron chi connectivity index (χ0n) is 16.9. The largest absolute Gasteiger partial charge is 0.354 e. The van der Waals surface area contributed by atoms with E-state index in [2.05, 4.69) is 26.2 Å². The molecule has 4 rings (SSSR count). The zero-order valence-corrected chi connectivity index (χ0v) is 16.9. The zero-order chi connectivity index (χ0) is 21.1. The first kappa shape index (κ1) is 19.9. The van der Waals surface area contributed by atoms with Crippen molar-refractivity contribution >= 4 is 17.8 Å². The summed E-state index contributed by atoms with van der Waals surface area (Å²) in [7, 11) is 0. The molecule has 0 saturated carbocycles. The smallest absolute Gasteiger partial charge is 0.326 e. The first-order chi connectivity index (χ1) is 14.6. The summed E-state index contributed by atoms with van der Waals surface area (Å²) in [6.07, 6.45) is 2.13. The van der Waals surface area contributed by atoms with E-state index in [1.54, 1.807) is 18.3 Å². The molecule has 1 unspecified atom stereocenters. The highest BCUT2D eigenvalue weighted by atomic mass is 16.2. The normalized spacial score (nSPS) is 22.1. The Bertz CT molecular complexity index is 981. The monoisotopic (exact) mass is 404 g/mol. The molecule has 2 aromatic rings. The summed E-state index contributed by atoms with van der Waals surface area (Å²) in [5.74, 6) is 0.574. The van der Waals surface area contributed by atoms with Gasteiger partial charge in [-0.1, -0.05) is 37.3 Å². The highest BCUT2D eigenvalue weighted by Gasteiger charge is 2.51. The Balaban J connectivity index is 1.42. The van der Waals surface area contributed by atoms with Crippen LogP contribution >= 0.6 is 0 Å². The number of benzene rings is 1. The third-order valence-corrected chi connectivity index (χ3v) is 5.88. The maximum atomic E-state index is 13.3. The van der Waals surface area contributed by atoms with Gasteiger partial charge in [0, 0.05) is 32.4 Å². The Hall–Kier alpha value is -3.44. The van der Waals surface area contributed by atoms with Crippen LogP contribution in [0.5, 0.6) is 0 Å². The standard InChI is InChI=1S/C22H24N6O2/c1-2-22(18-6-4-3-5-7-18)20(29)28(21(30)25-22)16-26-10-12-27(13-11-26)19-14-17(15-23)8-9-24-19/h3-9,14H,2,10-13,16H2,1H3,(H,25,30). The number of imide groups is 1. The van der Waals surface area contributed by atoms with Crippen LogP contribution in [0.15, 0.2) is 48.7 Å². The number of hydrogen-bond donors (Lipinski definition) is 1. The average molecular weight is 404 g/mol. The van der Waals surface area contributed by atoms with Crippen LogP contribution in [-0.2, 0) is 10.3 Å². The second-order valence-corrected chi connectivity index (χ2v) is 7.55. The van der Waals surface area contributed by atoms with Crippen LogP contribution in [0, 0.1) is 11.3 Å². The molecule has 0 radical (unpaired) electrons. The molecule has 1 N–H and O–H groups in total. The van der Waals surface area contributed by atoms with Crippen LogP contribution in [0.2, 0.25) is 0 Å². The first-order valence-corrected chi connectivity index (χ1v) is 10.1. The van der Waals surface area contributed by atoms with E-state index in [0.29, 0.717) is 38.2 Å². The fourth-order valence-corrected chi connectivity index (χ4v) is 4.10. The lowest BCUT2D eigenvalue weighted by molar-refractivity contribution is -0.133. The van der Waals surface area contributed by atoms with Gasteiger partial charge in [-0.05, 0) is 24.1 Å². The molecule has 1 aromatic carbocycles. The lowest BCUT2D eigenvalue weighted by Crippen LogP contribution is -2.52. The minimum Gasteiger partial charge on any atom is -0.354 e. The number of nitrogens with one attached hydrogen (secondary N) is 1. The van der Waals surface area contributed by atoms with Crippen molar-refractivity contribution in [1.82, 2.24) is 20.1 Å². The van der Waals surface area contributed by atoms with Crippen LogP contribution in [0.25, 0.3) is 0 Å². The molecule has 0 spiro atoms. The van der Waals surface area contributed by atoms with Crippen molar-refractivity contribution in [3.05, 3.63) is 59.8 Å². The second kappa shape index (κ2) is 8.13. The summed E-state index contributed by atoms with van der Waals surface area (Å²) in [5, 5.41) is 12.0. The summed E-state index contributed by atoms with van der Waals surface area (Å²) < 4.78 is 0. The number of nitriles is 1. The number of nitrogens with zero attached hydrogens (tertiary/aromatic N) is 5. The number of rotatable bonds is 5. The molecule has 2 saturated heterocycles. The molecule has 8 heteroatoms. The van der Waals surface area contributed by atoms with Gasteiger partial charge in [-0.2, -0.15) is 5.26 Å². The molecular formula is C22H24N6O2. The van der Waals surface area contributed by atoms with Gasteiger partial charge >= 0.3 is 6.03 Å². The van der Waals surface area contributed by atoms with Gasteiger partial charge in [-0.15, -0.1) is 0 Å². The minimum atomic E-state index is -0.998. The van der Waals surface area contributed by atoms with Crippen LogP contribution in [-0.4, -0.2) is 59.6 Å². The van der Waals surface area contributed by atoms with Gasteiger partial charge in [0.2, 0.25) is 0 Å². The van der Waals surface area contributed by atoms with Crippen molar-refractivity contribution < 1.29 is 9.59 Å². The molecule has 2 aliphatic heterocycles. The quantitative estimate of drug-likeness (QED) is 0.765. The summed E-state index contributed by atoms with van der Waals surface area (Å²) >= 11 is 0. The maximum Gasteiger partial charge on any atom is 0.326 e. The molecule has 2 aliphatic rings. The topological polar surface area (TPSA) is 92.6 Å². The summed E-state index contributed by atoms with van der Waals surface area (Å²) in [6, 6.07) is 14.7. The van der Waals surface area contributed by atoms with Gasteiger partial charge in [0.05, 0.1) is 18.3 Å². The number of urea groups is 1. The van der Waals surface area contributed by atoms with Gasteiger partial charge in [-0.3, -0.25) is 9.69 Å². The molecule has 0 aliphatic carbocycles. The van der Waals surface area contributed by atoms with E-state index >= 15 is 0 Å². The predicted molar refractivity (Wildman–Crippen MR) is 111 cm³/mol. The summed E-state index contributed by atoms with van der Waals surface area (Å²) in [4.78, 5) is 35.8. The van der Waals surface area contributed by atoms with E-state index in [4.69, 9.17) is 5.26 Å². The predicted octanol–water partition coefficient (Wildman–Crippen LogP) is 1.89. The van der Waals surface area contributed by atoms with Crippen molar-refractivity contribution in [3.63, 3.8) is 0 Å². The highest BCUT2D eigenvalue weighted by molar-refractivity contribution is 6.07. The number of amides is 3. The number of aromatic nitrogens is 1. The van der Waals surface area contributed by atoms with E-state index in [0.717, 1.165) is 11.4 Å². The third kappa shape index (κ3) is 3.48. The fraction of sp³-hybridized carbons (Fsp3) is 0.364. The Morgan fingerprint density at radius 2 is 1.87 bits per heavy atom. The molecule has 1 atom stereocenters. The lowest BCUT2D eigenvalue weighted by atomic mass is 9.87. The van der Waals surface area contributed by atoms with Crippen LogP contribution in [0.3, 0.4) is 0 Å². The molecule has 154 valence electrons. The summed E-state index contributed by atoms with van der Waals surface area (Å²) in [6.45, 7) is 4.99. The van der Waals surface area contributed by atoms with Gasteiger partial charge in [0.25, 0.3) is 5.91 Å². The van der Waals surface area contributed by atoms with Crippen LogP contribution in [0.1, 0.15) is 24.5 Å². The summed E-state index contributed by atoms with van der Waals surface area (Å²) in [5.41, 5.74) is 0.391. The first-order valence-electron chi connectivity index (χ1n) is 10.1. The van der Waals surface area contributed by atoms with Crippen LogP contribution in [0.4, 0.5) is 10.6 Å². The molecular weight excluding hydrogens is 380 g/mol. The number of carbonyl (C=O) groups excluding carboxylic acids is 2. The van der Waals surface area contributed by atoms with E-state index in [1.807, 2.05) is 37.3 Å². The molecule has 2 fully saturated rings. The number of pyridine rings is 1. The SMILES string of the molecule is CCC1(c2ccccc2)NC(=O)N(CN2CCN(c3cc(C#N)ccn3)CC2)C1=O. The number of piperazine rings is 1. The van der Waals surface area contributed by atoms with Gasteiger partial charge in [0.15, 0.2) is 0 Å². The number of carbonyl (C=O) groups is 2. The van der Waals surface area contributed by atoms with Crippen molar-refractivity contribution in [1.29, 1.82) is 5.26 Å². The number of anilines is 1. The van der Waals surface area contributed by atoms with Crippen molar-refractivity contribution in [2.24, 2.45) is 0 Å². The second-order valence-electron chi connectivity index (χ2n) is 7.55. The lowest BCUT2D eigenvalue weighted by Gasteiger charge is -2.36. The Morgan fingerprint density at radius 3 is 2.53 bits per heavy atom. The molecule has 3 amide bonds. The van der Waals surface area contributed by atoms with E-state index < -0.39 is 5.54 Å². The third-order valence-electron chi connectivity index (χ3n) is 5.88. The molecule has 1 aromatic heterocycles. The number of hydrogen-bond acceptors (Lipinski definition) is 6. The molecule has 0 bridgehead atoms. The van der Waals surface area contributed by atoms with E-state index in [9.17, 15) is 9.59 Å².